The van der Waals surface area contributed by atoms with Gasteiger partial charge in [-0.05, 0) is 5.56 Å². The summed E-state index contributed by atoms with van der Waals surface area (Å²) in [4.78, 5) is 7.62. The van der Waals surface area contributed by atoms with E-state index in [-0.39, 0.29) is 5.82 Å². The first kappa shape index (κ1) is 10.1. The van der Waals surface area contributed by atoms with E-state index in [1.165, 1.54) is 12.4 Å². The summed E-state index contributed by atoms with van der Waals surface area (Å²) in [6, 6.07) is 11.7. The number of benzene rings is 1. The molecular formula is C12H9N3O. The summed E-state index contributed by atoms with van der Waals surface area (Å²) in [5.41, 5.74) is 1.08. The molecule has 0 unspecified atom stereocenters. The Kier molecular flexibility index (Phi) is 3.10. The second-order valence-electron chi connectivity index (χ2n) is 3.13. The lowest BCUT2D eigenvalue weighted by molar-refractivity contribution is 0.303. The quantitative estimate of drug-likeness (QED) is 0.778. The number of ether oxygens (including phenoxy) is 1. The SMILES string of the molecule is N#Cc1ncc(OCc2ccccc2)cn1. The van der Waals surface area contributed by atoms with Gasteiger partial charge >= 0.3 is 0 Å². The van der Waals surface area contributed by atoms with Crippen LogP contribution in [0.15, 0.2) is 42.7 Å². The highest BCUT2D eigenvalue weighted by Crippen LogP contribution is 2.09. The van der Waals surface area contributed by atoms with Crippen molar-refractivity contribution >= 4 is 0 Å². The lowest BCUT2D eigenvalue weighted by atomic mass is 10.2. The van der Waals surface area contributed by atoms with Crippen LogP contribution in [-0.4, -0.2) is 9.97 Å². The van der Waals surface area contributed by atoms with E-state index in [2.05, 4.69) is 9.97 Å². The molecule has 0 fully saturated rings. The van der Waals surface area contributed by atoms with Crippen LogP contribution in [-0.2, 0) is 6.61 Å². The van der Waals surface area contributed by atoms with E-state index in [0.29, 0.717) is 12.4 Å². The van der Waals surface area contributed by atoms with Gasteiger partial charge in [0.15, 0.2) is 5.75 Å². The van der Waals surface area contributed by atoms with Gasteiger partial charge in [0.1, 0.15) is 12.7 Å². The lowest BCUT2D eigenvalue weighted by Crippen LogP contribution is -1.97. The molecule has 2 aromatic rings. The molecule has 78 valence electrons. The third-order valence-corrected chi connectivity index (χ3v) is 1.98. The summed E-state index contributed by atoms with van der Waals surface area (Å²) in [5, 5.41) is 8.52. The minimum atomic E-state index is 0.145. The van der Waals surface area contributed by atoms with Crippen molar-refractivity contribution in [2.75, 3.05) is 0 Å². The number of nitriles is 1. The van der Waals surface area contributed by atoms with Gasteiger partial charge in [-0.2, -0.15) is 5.26 Å². The molecule has 1 aromatic heterocycles. The second-order valence-corrected chi connectivity index (χ2v) is 3.13. The number of rotatable bonds is 3. The van der Waals surface area contributed by atoms with Crippen LogP contribution in [0.2, 0.25) is 0 Å². The van der Waals surface area contributed by atoms with E-state index in [0.717, 1.165) is 5.56 Å². The minimum Gasteiger partial charge on any atom is -0.486 e. The zero-order valence-electron chi connectivity index (χ0n) is 8.50. The summed E-state index contributed by atoms with van der Waals surface area (Å²) in [6.45, 7) is 0.468. The van der Waals surface area contributed by atoms with Crippen molar-refractivity contribution in [2.24, 2.45) is 0 Å². The summed E-state index contributed by atoms with van der Waals surface area (Å²) < 4.78 is 5.46. The predicted octanol–water partition coefficient (Wildman–Crippen LogP) is 1.93. The molecule has 1 aromatic carbocycles. The van der Waals surface area contributed by atoms with Gasteiger partial charge in [-0.15, -0.1) is 0 Å². The van der Waals surface area contributed by atoms with Gasteiger partial charge in [0, 0.05) is 0 Å². The first-order chi connectivity index (χ1) is 7.88. The molecular weight excluding hydrogens is 202 g/mol. The maximum Gasteiger partial charge on any atom is 0.232 e. The number of hydrogen-bond donors (Lipinski definition) is 0. The Labute approximate surface area is 93.2 Å². The standard InChI is InChI=1S/C12H9N3O/c13-6-12-14-7-11(8-15-12)16-9-10-4-2-1-3-5-10/h1-5,7-8H,9H2. The average Bonchev–Trinajstić information content (AvgIpc) is 2.38. The van der Waals surface area contributed by atoms with Crippen LogP contribution in [0.4, 0.5) is 0 Å². The first-order valence-corrected chi connectivity index (χ1v) is 4.77. The Hall–Kier alpha value is -2.41. The van der Waals surface area contributed by atoms with Gasteiger partial charge in [0.05, 0.1) is 12.4 Å². The van der Waals surface area contributed by atoms with Crippen LogP contribution in [0.1, 0.15) is 11.4 Å². The van der Waals surface area contributed by atoms with Crippen LogP contribution in [0.25, 0.3) is 0 Å². The van der Waals surface area contributed by atoms with Gasteiger partial charge < -0.3 is 4.74 Å². The maximum absolute atomic E-state index is 8.52. The molecule has 16 heavy (non-hydrogen) atoms. The van der Waals surface area contributed by atoms with Crippen molar-refractivity contribution in [3.63, 3.8) is 0 Å². The van der Waals surface area contributed by atoms with Crippen LogP contribution in [0.5, 0.6) is 5.75 Å². The zero-order valence-corrected chi connectivity index (χ0v) is 8.50. The Bertz CT molecular complexity index is 488. The fraction of sp³-hybridized carbons (Fsp3) is 0.0833. The fourth-order valence-corrected chi connectivity index (χ4v) is 1.19. The van der Waals surface area contributed by atoms with E-state index in [1.54, 1.807) is 0 Å². The van der Waals surface area contributed by atoms with Crippen LogP contribution >= 0.6 is 0 Å². The third kappa shape index (κ3) is 2.55. The molecule has 0 bridgehead atoms. The van der Waals surface area contributed by atoms with Gasteiger partial charge in [-0.3, -0.25) is 0 Å². The van der Waals surface area contributed by atoms with Crippen molar-refractivity contribution < 1.29 is 4.74 Å². The van der Waals surface area contributed by atoms with E-state index >= 15 is 0 Å². The van der Waals surface area contributed by atoms with Gasteiger partial charge in [0.2, 0.25) is 5.82 Å². The van der Waals surface area contributed by atoms with E-state index < -0.39 is 0 Å². The van der Waals surface area contributed by atoms with Crippen molar-refractivity contribution in [1.29, 1.82) is 5.26 Å². The molecule has 0 atom stereocenters. The molecule has 0 amide bonds. The largest absolute Gasteiger partial charge is 0.486 e. The Morgan fingerprint density at radius 2 is 1.81 bits per heavy atom. The van der Waals surface area contributed by atoms with Crippen LogP contribution in [0, 0.1) is 11.3 Å². The van der Waals surface area contributed by atoms with Crippen LogP contribution < -0.4 is 4.74 Å². The molecule has 2 rings (SSSR count). The zero-order chi connectivity index (χ0) is 11.2. The highest BCUT2D eigenvalue weighted by atomic mass is 16.5. The highest BCUT2D eigenvalue weighted by Gasteiger charge is 1.97. The Morgan fingerprint density at radius 1 is 1.12 bits per heavy atom. The molecule has 0 aliphatic heterocycles. The lowest BCUT2D eigenvalue weighted by Gasteiger charge is -2.04. The Balaban J connectivity index is 1.98. The van der Waals surface area contributed by atoms with Crippen molar-refractivity contribution in [2.45, 2.75) is 6.61 Å². The molecule has 0 spiro atoms. The number of aromatic nitrogens is 2. The van der Waals surface area contributed by atoms with Crippen molar-refractivity contribution in [3.05, 3.63) is 54.1 Å². The summed E-state index contributed by atoms with van der Waals surface area (Å²) in [6.07, 6.45) is 2.99. The summed E-state index contributed by atoms with van der Waals surface area (Å²) >= 11 is 0. The monoisotopic (exact) mass is 211 g/mol. The predicted molar refractivity (Wildman–Crippen MR) is 57.5 cm³/mol. The Morgan fingerprint density at radius 3 is 2.44 bits per heavy atom. The molecule has 0 aliphatic rings. The third-order valence-electron chi connectivity index (χ3n) is 1.98. The molecule has 4 nitrogen and oxygen atoms in total. The minimum absolute atomic E-state index is 0.145. The van der Waals surface area contributed by atoms with E-state index in [4.69, 9.17) is 10.00 Å². The molecule has 0 saturated heterocycles. The van der Waals surface area contributed by atoms with Gasteiger partial charge in [-0.25, -0.2) is 9.97 Å². The van der Waals surface area contributed by atoms with Crippen molar-refractivity contribution in [1.82, 2.24) is 9.97 Å². The van der Waals surface area contributed by atoms with Gasteiger partial charge in [0.25, 0.3) is 0 Å². The first-order valence-electron chi connectivity index (χ1n) is 4.77. The summed E-state index contributed by atoms with van der Waals surface area (Å²) in [5.74, 6) is 0.704. The molecule has 0 aliphatic carbocycles. The van der Waals surface area contributed by atoms with E-state index in [1.807, 2.05) is 36.4 Å². The molecule has 0 N–H and O–H groups in total. The van der Waals surface area contributed by atoms with E-state index in [9.17, 15) is 0 Å². The van der Waals surface area contributed by atoms with Crippen LogP contribution in [0.3, 0.4) is 0 Å². The average molecular weight is 211 g/mol. The second kappa shape index (κ2) is 4.89. The molecule has 1 heterocycles. The number of hydrogen-bond acceptors (Lipinski definition) is 4. The smallest absolute Gasteiger partial charge is 0.232 e. The maximum atomic E-state index is 8.52. The van der Waals surface area contributed by atoms with Crippen molar-refractivity contribution in [3.8, 4) is 11.8 Å². The summed E-state index contributed by atoms with van der Waals surface area (Å²) in [7, 11) is 0. The topological polar surface area (TPSA) is 58.8 Å². The molecule has 4 heteroatoms. The number of nitrogens with zero attached hydrogens (tertiary/aromatic N) is 3. The normalized spacial score (nSPS) is 9.44. The van der Waals surface area contributed by atoms with Gasteiger partial charge in [-0.1, -0.05) is 30.3 Å². The molecule has 0 radical (unpaired) electrons. The molecule has 0 saturated carbocycles. The fourth-order valence-electron chi connectivity index (χ4n) is 1.19. The highest BCUT2D eigenvalue weighted by molar-refractivity contribution is 5.19.